The summed E-state index contributed by atoms with van der Waals surface area (Å²) in [6.45, 7) is 2.32. The zero-order valence-electron chi connectivity index (χ0n) is 8.95. The highest BCUT2D eigenvalue weighted by Gasteiger charge is 2.09. The van der Waals surface area contributed by atoms with Crippen molar-refractivity contribution in [3.63, 3.8) is 0 Å². The van der Waals surface area contributed by atoms with Crippen LogP contribution in [-0.2, 0) is 9.78 Å². The van der Waals surface area contributed by atoms with Crippen molar-refractivity contribution < 1.29 is 9.78 Å². The van der Waals surface area contributed by atoms with E-state index in [9.17, 15) is 0 Å². The van der Waals surface area contributed by atoms with Crippen molar-refractivity contribution >= 4 is 0 Å². The van der Waals surface area contributed by atoms with Gasteiger partial charge in [-0.1, -0.05) is 45.4 Å². The van der Waals surface area contributed by atoms with Crippen LogP contribution in [0.2, 0.25) is 0 Å². The smallest absolute Gasteiger partial charge is 0.142 e. The minimum absolute atomic E-state index is 1.09. The Bertz CT molecular complexity index is 167. The summed E-state index contributed by atoms with van der Waals surface area (Å²) in [5.41, 5.74) is 0. The first kappa shape index (κ1) is 11.2. The Hall–Kier alpha value is -0.920. The van der Waals surface area contributed by atoms with Gasteiger partial charge in [0.1, 0.15) is 12.5 Å². The van der Waals surface area contributed by atoms with Gasteiger partial charge < -0.3 is 0 Å². The molecular formula is C12H20O2. The highest BCUT2D eigenvalue weighted by molar-refractivity contribution is 4.97. The number of allylic oxidation sites excluding steroid dienone is 2. The largest absolute Gasteiger partial charge is 0.299 e. The van der Waals surface area contributed by atoms with Gasteiger partial charge in [0.15, 0.2) is 0 Å². The summed E-state index contributed by atoms with van der Waals surface area (Å²) in [6, 6.07) is 0. The molecule has 0 atom stereocenters. The van der Waals surface area contributed by atoms with Gasteiger partial charge in [-0.15, -0.1) is 0 Å². The average molecular weight is 196 g/mol. The first-order valence-corrected chi connectivity index (χ1v) is 5.57. The maximum atomic E-state index is 4.30. The molecule has 0 bridgehead atoms. The molecule has 2 nitrogen and oxygen atoms in total. The van der Waals surface area contributed by atoms with E-state index >= 15 is 0 Å². The van der Waals surface area contributed by atoms with Crippen LogP contribution in [0.1, 0.15) is 45.4 Å². The molecule has 0 radical (unpaired) electrons. The normalized spacial score (nSPS) is 20.4. The molecule has 0 spiro atoms. The topological polar surface area (TPSA) is 18.5 Å². The third kappa shape index (κ3) is 4.95. The van der Waals surface area contributed by atoms with Crippen molar-refractivity contribution in [1.82, 2.24) is 0 Å². The summed E-state index contributed by atoms with van der Waals surface area (Å²) in [5, 5.41) is 0. The highest BCUT2D eigenvalue weighted by Crippen LogP contribution is 2.25. The van der Waals surface area contributed by atoms with E-state index in [1.165, 1.54) is 51.0 Å². The second-order valence-electron chi connectivity index (χ2n) is 3.76. The fourth-order valence-electron chi connectivity index (χ4n) is 1.81. The van der Waals surface area contributed by atoms with Gasteiger partial charge in [0, 0.05) is 0 Å². The molecule has 2 rings (SSSR count). The zero-order valence-corrected chi connectivity index (χ0v) is 8.95. The maximum Gasteiger partial charge on any atom is 0.142 e. The highest BCUT2D eigenvalue weighted by atomic mass is 17.2. The lowest BCUT2D eigenvalue weighted by molar-refractivity contribution is -0.198. The molecule has 2 heteroatoms. The lowest BCUT2D eigenvalue weighted by atomic mass is 9.88. The Labute approximate surface area is 86.5 Å². The standard InChI is InChI=1S/C8H16.C4H4O2/c1-2-8-6-4-3-5-7-8;1-2-4-6-5-3-1/h8H,2-7H2,1H3;1-4H. The Kier molecular flexibility index (Phi) is 5.96. The minimum atomic E-state index is 1.09. The van der Waals surface area contributed by atoms with E-state index in [4.69, 9.17) is 0 Å². The van der Waals surface area contributed by atoms with Gasteiger partial charge in [0.25, 0.3) is 0 Å². The summed E-state index contributed by atoms with van der Waals surface area (Å²) in [7, 11) is 0. The van der Waals surface area contributed by atoms with E-state index in [1.807, 2.05) is 0 Å². The molecule has 0 saturated heterocycles. The van der Waals surface area contributed by atoms with E-state index in [1.54, 1.807) is 12.2 Å². The third-order valence-electron chi connectivity index (χ3n) is 2.74. The molecule has 80 valence electrons. The summed E-state index contributed by atoms with van der Waals surface area (Å²) < 4.78 is 0. The molecule has 0 aromatic heterocycles. The van der Waals surface area contributed by atoms with Crippen LogP contribution < -0.4 is 0 Å². The maximum absolute atomic E-state index is 4.30. The predicted molar refractivity (Wildman–Crippen MR) is 57.3 cm³/mol. The zero-order chi connectivity index (χ0) is 10.1. The van der Waals surface area contributed by atoms with Crippen molar-refractivity contribution in [2.24, 2.45) is 5.92 Å². The number of rotatable bonds is 1. The van der Waals surface area contributed by atoms with Crippen LogP contribution in [0, 0.1) is 5.92 Å². The third-order valence-corrected chi connectivity index (χ3v) is 2.74. The predicted octanol–water partition coefficient (Wildman–Crippen LogP) is 3.95. The van der Waals surface area contributed by atoms with E-state index in [0.29, 0.717) is 0 Å². The van der Waals surface area contributed by atoms with Gasteiger partial charge in [-0.05, 0) is 18.1 Å². The van der Waals surface area contributed by atoms with Gasteiger partial charge in [0.2, 0.25) is 0 Å². The van der Waals surface area contributed by atoms with Gasteiger partial charge in [-0.3, -0.25) is 9.78 Å². The molecule has 1 aliphatic heterocycles. The summed E-state index contributed by atoms with van der Waals surface area (Å²) in [6.07, 6.45) is 15.3. The molecule has 1 saturated carbocycles. The SMILES string of the molecule is C1=COOC=C1.CCC1CCCCC1. The van der Waals surface area contributed by atoms with Crippen LogP contribution in [0.15, 0.2) is 24.7 Å². The lowest BCUT2D eigenvalue weighted by Crippen LogP contribution is -2.03. The quantitative estimate of drug-likeness (QED) is 0.591. The Morgan fingerprint density at radius 3 is 1.86 bits per heavy atom. The fourth-order valence-corrected chi connectivity index (χ4v) is 1.81. The van der Waals surface area contributed by atoms with Gasteiger partial charge >= 0.3 is 0 Å². The van der Waals surface area contributed by atoms with Crippen LogP contribution in [0.4, 0.5) is 0 Å². The van der Waals surface area contributed by atoms with Crippen molar-refractivity contribution in [3.8, 4) is 0 Å². The molecule has 14 heavy (non-hydrogen) atoms. The summed E-state index contributed by atoms with van der Waals surface area (Å²) in [5.74, 6) is 1.09. The van der Waals surface area contributed by atoms with Crippen molar-refractivity contribution in [3.05, 3.63) is 24.7 Å². The number of hydrogen-bond donors (Lipinski definition) is 0. The van der Waals surface area contributed by atoms with Gasteiger partial charge in [-0.2, -0.15) is 0 Å². The van der Waals surface area contributed by atoms with Crippen LogP contribution in [0.25, 0.3) is 0 Å². The first-order valence-electron chi connectivity index (χ1n) is 5.57. The average Bonchev–Trinajstić information content (AvgIpc) is 2.33. The monoisotopic (exact) mass is 196 g/mol. The summed E-state index contributed by atoms with van der Waals surface area (Å²) >= 11 is 0. The molecule has 1 heterocycles. The molecule has 0 N–H and O–H groups in total. The fraction of sp³-hybridized carbons (Fsp3) is 0.667. The Morgan fingerprint density at radius 1 is 1.00 bits per heavy atom. The van der Waals surface area contributed by atoms with Gasteiger partial charge in [-0.25, -0.2) is 0 Å². The Balaban J connectivity index is 0.000000146. The van der Waals surface area contributed by atoms with Crippen LogP contribution in [0.3, 0.4) is 0 Å². The van der Waals surface area contributed by atoms with Crippen LogP contribution in [-0.4, -0.2) is 0 Å². The Morgan fingerprint density at radius 2 is 1.57 bits per heavy atom. The van der Waals surface area contributed by atoms with E-state index in [0.717, 1.165) is 5.92 Å². The van der Waals surface area contributed by atoms with E-state index < -0.39 is 0 Å². The summed E-state index contributed by atoms with van der Waals surface area (Å²) in [4.78, 5) is 8.60. The molecular weight excluding hydrogens is 176 g/mol. The number of hydrogen-bond acceptors (Lipinski definition) is 2. The van der Waals surface area contributed by atoms with Crippen LogP contribution in [0.5, 0.6) is 0 Å². The van der Waals surface area contributed by atoms with Crippen LogP contribution >= 0.6 is 0 Å². The van der Waals surface area contributed by atoms with Crippen molar-refractivity contribution in [1.29, 1.82) is 0 Å². The van der Waals surface area contributed by atoms with Gasteiger partial charge in [0.05, 0.1) is 0 Å². The molecule has 2 aliphatic rings. The van der Waals surface area contributed by atoms with E-state index in [-0.39, 0.29) is 0 Å². The van der Waals surface area contributed by atoms with E-state index in [2.05, 4.69) is 16.7 Å². The lowest BCUT2D eigenvalue weighted by Gasteiger charge is -2.18. The molecule has 1 fully saturated rings. The van der Waals surface area contributed by atoms with Crippen molar-refractivity contribution in [2.75, 3.05) is 0 Å². The van der Waals surface area contributed by atoms with Crippen molar-refractivity contribution in [2.45, 2.75) is 45.4 Å². The molecule has 0 amide bonds. The molecule has 0 aromatic rings. The molecule has 1 aliphatic carbocycles. The molecule has 0 unspecified atom stereocenters. The first-order chi connectivity index (χ1) is 6.93. The second-order valence-corrected chi connectivity index (χ2v) is 3.76. The minimum Gasteiger partial charge on any atom is -0.299 e. The molecule has 0 aromatic carbocycles. The second kappa shape index (κ2) is 7.48.